The molecule has 2 aromatic rings. The summed E-state index contributed by atoms with van der Waals surface area (Å²) in [5.74, 6) is 1.03. The first-order valence-corrected chi connectivity index (χ1v) is 9.20. The topological polar surface area (TPSA) is 31.5 Å². The van der Waals surface area contributed by atoms with Crippen LogP contribution in [0.3, 0.4) is 0 Å². The molecule has 0 saturated carbocycles. The lowest BCUT2D eigenvalue weighted by Gasteiger charge is -2.43. The summed E-state index contributed by atoms with van der Waals surface area (Å²) in [6.45, 7) is 6.78. The molecular formula is C20H29N3O. The van der Waals surface area contributed by atoms with Gasteiger partial charge in [0.1, 0.15) is 5.75 Å². The molecule has 4 rings (SSSR count). The van der Waals surface area contributed by atoms with Gasteiger partial charge in [-0.2, -0.15) is 0 Å². The third-order valence-electron chi connectivity index (χ3n) is 6.45. The Kier molecular flexibility index (Phi) is 4.05. The third-order valence-corrected chi connectivity index (χ3v) is 6.45. The van der Waals surface area contributed by atoms with Crippen LogP contribution in [0.5, 0.6) is 5.75 Å². The van der Waals surface area contributed by atoms with Crippen molar-refractivity contribution in [3.63, 3.8) is 0 Å². The number of nitrogens with one attached hydrogen (secondary N) is 1. The first-order valence-electron chi connectivity index (χ1n) is 9.20. The van der Waals surface area contributed by atoms with Crippen LogP contribution in [0.15, 0.2) is 18.3 Å². The minimum Gasteiger partial charge on any atom is -0.496 e. The quantitative estimate of drug-likeness (QED) is 0.935. The number of hydrogen-bond donors (Lipinski definition) is 1. The van der Waals surface area contributed by atoms with Crippen molar-refractivity contribution in [2.24, 2.45) is 0 Å². The lowest BCUT2D eigenvalue weighted by Crippen LogP contribution is -2.50. The lowest BCUT2D eigenvalue weighted by atomic mass is 9.85. The van der Waals surface area contributed by atoms with Gasteiger partial charge < -0.3 is 14.6 Å². The fraction of sp³-hybridized carbons (Fsp3) is 0.600. The SMILES string of the molecule is COc1cc(C)c2[nH]ccc2c1CN1CCC2(CCCN2C)CC1. The summed E-state index contributed by atoms with van der Waals surface area (Å²) >= 11 is 0. The average Bonchev–Trinajstić information content (AvgIpc) is 3.21. The maximum Gasteiger partial charge on any atom is 0.124 e. The fourth-order valence-corrected chi connectivity index (χ4v) is 4.84. The highest BCUT2D eigenvalue weighted by molar-refractivity contribution is 5.88. The third kappa shape index (κ3) is 2.52. The molecule has 0 bridgehead atoms. The van der Waals surface area contributed by atoms with Gasteiger partial charge >= 0.3 is 0 Å². The van der Waals surface area contributed by atoms with Crippen LogP contribution in [0.2, 0.25) is 0 Å². The Hall–Kier alpha value is -1.52. The van der Waals surface area contributed by atoms with Crippen molar-refractivity contribution in [2.75, 3.05) is 33.8 Å². The monoisotopic (exact) mass is 327 g/mol. The first-order chi connectivity index (χ1) is 11.6. The van der Waals surface area contributed by atoms with E-state index in [9.17, 15) is 0 Å². The van der Waals surface area contributed by atoms with Crippen LogP contribution in [-0.2, 0) is 6.54 Å². The van der Waals surface area contributed by atoms with Crippen molar-refractivity contribution >= 4 is 10.9 Å². The Morgan fingerprint density at radius 2 is 2.00 bits per heavy atom. The molecule has 1 N–H and O–H groups in total. The molecule has 24 heavy (non-hydrogen) atoms. The number of nitrogens with zero attached hydrogens (tertiary/aromatic N) is 2. The predicted molar refractivity (Wildman–Crippen MR) is 98.7 cm³/mol. The van der Waals surface area contributed by atoms with Gasteiger partial charge in [-0.05, 0) is 63.9 Å². The highest BCUT2D eigenvalue weighted by atomic mass is 16.5. The van der Waals surface area contributed by atoms with E-state index in [4.69, 9.17) is 4.74 Å². The summed E-state index contributed by atoms with van der Waals surface area (Å²) in [6, 6.07) is 4.36. The van der Waals surface area contributed by atoms with Crippen molar-refractivity contribution in [3.8, 4) is 5.75 Å². The predicted octanol–water partition coefficient (Wildman–Crippen LogP) is 3.55. The Morgan fingerprint density at radius 1 is 1.21 bits per heavy atom. The minimum atomic E-state index is 0.483. The normalized spacial score (nSPS) is 21.8. The second kappa shape index (κ2) is 6.08. The number of aromatic amines is 1. The Labute approximate surface area is 144 Å². The maximum absolute atomic E-state index is 5.71. The second-order valence-electron chi connectivity index (χ2n) is 7.67. The van der Waals surface area contributed by atoms with E-state index in [-0.39, 0.29) is 0 Å². The van der Waals surface area contributed by atoms with Gasteiger partial charge in [0.05, 0.1) is 7.11 Å². The van der Waals surface area contributed by atoms with Gasteiger partial charge in [-0.1, -0.05) is 0 Å². The molecule has 1 spiro atoms. The molecule has 0 aliphatic carbocycles. The fourth-order valence-electron chi connectivity index (χ4n) is 4.84. The number of hydrogen-bond acceptors (Lipinski definition) is 3. The Morgan fingerprint density at radius 3 is 2.67 bits per heavy atom. The standard InChI is InChI=1S/C20H29N3O/c1-15-13-18(24-3)17(16-5-9-21-19(15)16)14-23-11-7-20(8-12-23)6-4-10-22(20)2/h5,9,13,21H,4,6-8,10-12,14H2,1-3H3. The van der Waals surface area contributed by atoms with E-state index in [0.717, 1.165) is 12.3 Å². The van der Waals surface area contributed by atoms with E-state index in [1.807, 2.05) is 6.20 Å². The van der Waals surface area contributed by atoms with Gasteiger partial charge in [0.25, 0.3) is 0 Å². The zero-order chi connectivity index (χ0) is 16.7. The van der Waals surface area contributed by atoms with Gasteiger partial charge in [0, 0.05) is 47.8 Å². The summed E-state index contributed by atoms with van der Waals surface area (Å²) in [6.07, 6.45) is 7.39. The van der Waals surface area contributed by atoms with Crippen molar-refractivity contribution in [3.05, 3.63) is 29.5 Å². The molecule has 0 amide bonds. The van der Waals surface area contributed by atoms with Crippen LogP contribution in [-0.4, -0.2) is 54.1 Å². The van der Waals surface area contributed by atoms with E-state index in [1.54, 1.807) is 7.11 Å². The van der Waals surface area contributed by atoms with Crippen LogP contribution in [0.4, 0.5) is 0 Å². The highest BCUT2D eigenvalue weighted by Crippen LogP contribution is 2.38. The molecule has 0 radical (unpaired) electrons. The molecule has 1 aromatic carbocycles. The van der Waals surface area contributed by atoms with Crippen molar-refractivity contribution in [1.29, 1.82) is 0 Å². The molecule has 0 atom stereocenters. The molecular weight excluding hydrogens is 298 g/mol. The van der Waals surface area contributed by atoms with Gasteiger partial charge in [0.15, 0.2) is 0 Å². The second-order valence-corrected chi connectivity index (χ2v) is 7.67. The molecule has 4 heteroatoms. The summed E-state index contributed by atoms with van der Waals surface area (Å²) in [5, 5.41) is 1.31. The van der Waals surface area contributed by atoms with Gasteiger partial charge in [-0.25, -0.2) is 0 Å². The largest absolute Gasteiger partial charge is 0.496 e. The number of methoxy groups -OCH3 is 1. The van der Waals surface area contributed by atoms with Crippen molar-refractivity contribution < 1.29 is 4.74 Å². The van der Waals surface area contributed by atoms with E-state index >= 15 is 0 Å². The molecule has 3 heterocycles. The van der Waals surface area contributed by atoms with Gasteiger partial charge in [-0.15, -0.1) is 0 Å². The Bertz CT molecular complexity index is 728. The molecule has 130 valence electrons. The summed E-state index contributed by atoms with van der Waals surface area (Å²) in [7, 11) is 4.10. The minimum absolute atomic E-state index is 0.483. The van der Waals surface area contributed by atoms with Crippen molar-refractivity contribution in [1.82, 2.24) is 14.8 Å². The first kappa shape index (κ1) is 16.0. The van der Waals surface area contributed by atoms with E-state index in [0.29, 0.717) is 5.54 Å². The number of H-pyrrole nitrogens is 1. The van der Waals surface area contributed by atoms with Crippen LogP contribution in [0.25, 0.3) is 10.9 Å². The molecule has 1 aromatic heterocycles. The maximum atomic E-state index is 5.71. The molecule has 2 fully saturated rings. The number of aryl methyl sites for hydroxylation is 1. The molecule has 2 aliphatic heterocycles. The Balaban J connectivity index is 1.55. The van der Waals surface area contributed by atoms with E-state index in [1.165, 1.54) is 67.3 Å². The smallest absolute Gasteiger partial charge is 0.124 e. The van der Waals surface area contributed by atoms with Crippen LogP contribution in [0.1, 0.15) is 36.8 Å². The van der Waals surface area contributed by atoms with Crippen LogP contribution >= 0.6 is 0 Å². The zero-order valence-electron chi connectivity index (χ0n) is 15.2. The van der Waals surface area contributed by atoms with Crippen molar-refractivity contribution in [2.45, 2.75) is 44.7 Å². The molecule has 4 nitrogen and oxygen atoms in total. The van der Waals surface area contributed by atoms with Gasteiger partial charge in [0.2, 0.25) is 0 Å². The van der Waals surface area contributed by atoms with Crippen LogP contribution in [0, 0.1) is 6.92 Å². The van der Waals surface area contributed by atoms with E-state index in [2.05, 4.69) is 40.9 Å². The number of benzene rings is 1. The number of piperidine rings is 1. The number of fused-ring (bicyclic) bond motifs is 1. The highest BCUT2D eigenvalue weighted by Gasteiger charge is 2.41. The summed E-state index contributed by atoms with van der Waals surface area (Å²) in [5.41, 5.74) is 4.31. The molecule has 2 saturated heterocycles. The molecule has 2 aliphatic rings. The number of ether oxygens (including phenoxy) is 1. The lowest BCUT2D eigenvalue weighted by molar-refractivity contribution is 0.0672. The zero-order valence-corrected chi connectivity index (χ0v) is 15.2. The number of aromatic nitrogens is 1. The van der Waals surface area contributed by atoms with E-state index < -0.39 is 0 Å². The summed E-state index contributed by atoms with van der Waals surface area (Å²) < 4.78 is 5.71. The molecule has 0 unspecified atom stereocenters. The van der Waals surface area contributed by atoms with Crippen LogP contribution < -0.4 is 4.74 Å². The average molecular weight is 327 g/mol. The number of likely N-dealkylation sites (tertiary alicyclic amines) is 2. The number of rotatable bonds is 3. The summed E-state index contributed by atoms with van der Waals surface area (Å²) in [4.78, 5) is 8.60. The van der Waals surface area contributed by atoms with Gasteiger partial charge in [-0.3, -0.25) is 4.90 Å².